The molecule has 2 amide bonds. The number of rotatable bonds is 7. The summed E-state index contributed by atoms with van der Waals surface area (Å²) in [5, 5.41) is 7.99. The van der Waals surface area contributed by atoms with E-state index in [1.54, 1.807) is 33.1 Å². The molecule has 0 aromatic carbocycles. The molecule has 10 nitrogen and oxygen atoms in total. The lowest BCUT2D eigenvalue weighted by atomic mass is 10.1. The van der Waals surface area contributed by atoms with Crippen LogP contribution in [-0.4, -0.2) is 78.9 Å². The molecular formula is C19H29BrN4O6S. The average molecular weight is 521 g/mol. The summed E-state index contributed by atoms with van der Waals surface area (Å²) in [5.74, 6) is -0.856. The number of carbonyl (C=O) groups is 3. The van der Waals surface area contributed by atoms with Gasteiger partial charge in [-0.25, -0.2) is 9.78 Å². The Kier molecular flexibility index (Phi) is 9.22. The Morgan fingerprint density at radius 1 is 1.42 bits per heavy atom. The van der Waals surface area contributed by atoms with Gasteiger partial charge in [0, 0.05) is 31.6 Å². The number of ether oxygens (including phenoxy) is 3. The summed E-state index contributed by atoms with van der Waals surface area (Å²) in [7, 11) is 1.29. The fourth-order valence-electron chi connectivity index (χ4n) is 3.04. The zero-order valence-electron chi connectivity index (χ0n) is 18.3. The zero-order valence-corrected chi connectivity index (χ0v) is 20.7. The molecule has 1 aromatic rings. The van der Waals surface area contributed by atoms with Crippen LogP contribution in [0.1, 0.15) is 38.8 Å². The number of alkyl carbamates (subject to hydrolysis) is 1. The van der Waals surface area contributed by atoms with Crippen LogP contribution in [0, 0.1) is 0 Å². The van der Waals surface area contributed by atoms with Crippen LogP contribution in [0.4, 0.5) is 4.79 Å². The second kappa shape index (κ2) is 11.2. The van der Waals surface area contributed by atoms with Crippen molar-refractivity contribution in [1.29, 1.82) is 0 Å². The summed E-state index contributed by atoms with van der Waals surface area (Å²) in [6, 6.07) is -1.74. The third kappa shape index (κ3) is 7.41. The normalized spacial score (nSPS) is 18.8. The monoisotopic (exact) mass is 520 g/mol. The Labute approximate surface area is 194 Å². The van der Waals surface area contributed by atoms with Crippen molar-refractivity contribution >= 4 is 45.2 Å². The van der Waals surface area contributed by atoms with Gasteiger partial charge >= 0.3 is 12.1 Å². The van der Waals surface area contributed by atoms with Crippen LogP contribution in [0.15, 0.2) is 9.98 Å². The Morgan fingerprint density at radius 2 is 2.13 bits per heavy atom. The largest absolute Gasteiger partial charge is 0.468 e. The summed E-state index contributed by atoms with van der Waals surface area (Å²) >= 11 is 4.62. The van der Waals surface area contributed by atoms with Crippen LogP contribution in [0.25, 0.3) is 0 Å². The molecule has 12 heteroatoms. The molecule has 2 N–H and O–H groups in total. The number of methoxy groups -OCH3 is 1. The molecule has 2 rings (SSSR count). The maximum atomic E-state index is 13.5. The number of hydrogen-bond acceptors (Lipinski definition) is 9. The molecule has 0 spiro atoms. The van der Waals surface area contributed by atoms with Gasteiger partial charge in [-0.15, -0.1) is 11.3 Å². The molecule has 0 unspecified atom stereocenters. The molecule has 1 aromatic heterocycles. The Bertz CT molecular complexity index is 784. The highest BCUT2D eigenvalue weighted by Crippen LogP contribution is 2.28. The Morgan fingerprint density at radius 3 is 2.68 bits per heavy atom. The van der Waals surface area contributed by atoms with Crippen molar-refractivity contribution in [2.45, 2.75) is 51.5 Å². The fraction of sp³-hybridized carbons (Fsp3) is 0.684. The van der Waals surface area contributed by atoms with Crippen molar-refractivity contribution in [3.63, 3.8) is 0 Å². The van der Waals surface area contributed by atoms with Crippen molar-refractivity contribution < 1.29 is 28.6 Å². The molecule has 0 radical (unpaired) electrons. The SMILES string of the molecule is CCO[C@H](c1nc(Br)cs1)[C@H](NC(=O)OC(C)(C)C)C(=O)N1CCN[C@H](C(=O)OC)C1. The Hall–Kier alpha value is -1.76. The zero-order chi connectivity index (χ0) is 23.2. The summed E-state index contributed by atoms with van der Waals surface area (Å²) in [5.41, 5.74) is -0.742. The fourth-order valence-corrected chi connectivity index (χ4v) is 4.38. The standard InChI is InChI=1S/C19H29BrN4O6S/c1-6-29-14(15-22-12(20)10-31-15)13(23-18(27)30-19(2,3)4)16(25)24-8-7-21-11(9-24)17(26)28-5/h10-11,13-14,21H,6-9H2,1-5H3,(H,23,27)/t11-,13-,14-/m0/s1. The number of piperazine rings is 1. The van der Waals surface area contributed by atoms with E-state index >= 15 is 0 Å². The maximum Gasteiger partial charge on any atom is 0.408 e. The topological polar surface area (TPSA) is 119 Å². The van der Waals surface area contributed by atoms with Gasteiger partial charge in [0.05, 0.1) is 7.11 Å². The molecule has 1 saturated heterocycles. The van der Waals surface area contributed by atoms with Crippen LogP contribution in [-0.2, 0) is 23.8 Å². The number of nitrogens with zero attached hydrogens (tertiary/aromatic N) is 2. The first-order valence-electron chi connectivity index (χ1n) is 9.87. The van der Waals surface area contributed by atoms with Crippen LogP contribution >= 0.6 is 27.3 Å². The van der Waals surface area contributed by atoms with Crippen molar-refractivity contribution in [1.82, 2.24) is 20.5 Å². The van der Waals surface area contributed by atoms with Crippen LogP contribution in [0.2, 0.25) is 0 Å². The second-order valence-electron chi connectivity index (χ2n) is 7.82. The minimum atomic E-state index is -1.09. The molecule has 0 saturated carbocycles. The van der Waals surface area contributed by atoms with Crippen molar-refractivity contribution in [3.8, 4) is 0 Å². The average Bonchev–Trinajstić information content (AvgIpc) is 3.14. The van der Waals surface area contributed by atoms with Crippen molar-refractivity contribution in [3.05, 3.63) is 15.0 Å². The third-order valence-corrected chi connectivity index (χ3v) is 5.91. The first-order chi connectivity index (χ1) is 14.6. The highest BCUT2D eigenvalue weighted by molar-refractivity contribution is 9.10. The molecular weight excluding hydrogens is 492 g/mol. The summed E-state index contributed by atoms with van der Waals surface area (Å²) < 4.78 is 16.6. The van der Waals surface area contributed by atoms with Gasteiger partial charge < -0.3 is 29.7 Å². The van der Waals surface area contributed by atoms with Gasteiger partial charge in [0.1, 0.15) is 33.4 Å². The molecule has 3 atom stereocenters. The van der Waals surface area contributed by atoms with Crippen molar-refractivity contribution in [2.24, 2.45) is 0 Å². The number of nitrogens with one attached hydrogen (secondary N) is 2. The van der Waals surface area contributed by atoms with E-state index in [0.29, 0.717) is 29.3 Å². The number of amides is 2. The van der Waals surface area contributed by atoms with Gasteiger partial charge in [-0.05, 0) is 43.6 Å². The summed E-state index contributed by atoms with van der Waals surface area (Å²) in [6.45, 7) is 8.18. The molecule has 2 heterocycles. The van der Waals surface area contributed by atoms with E-state index in [2.05, 4.69) is 31.5 Å². The maximum absolute atomic E-state index is 13.5. The molecule has 1 aliphatic rings. The van der Waals surface area contributed by atoms with E-state index in [1.165, 1.54) is 23.3 Å². The molecule has 0 aliphatic carbocycles. The van der Waals surface area contributed by atoms with E-state index < -0.39 is 41.8 Å². The molecule has 0 bridgehead atoms. The van der Waals surface area contributed by atoms with E-state index in [0.717, 1.165) is 0 Å². The molecule has 31 heavy (non-hydrogen) atoms. The number of halogens is 1. The molecule has 174 valence electrons. The highest BCUT2D eigenvalue weighted by atomic mass is 79.9. The third-order valence-electron chi connectivity index (χ3n) is 4.30. The van der Waals surface area contributed by atoms with E-state index in [-0.39, 0.29) is 6.54 Å². The predicted octanol–water partition coefficient (Wildman–Crippen LogP) is 1.85. The molecule has 1 aliphatic heterocycles. The van der Waals surface area contributed by atoms with E-state index in [9.17, 15) is 14.4 Å². The highest BCUT2D eigenvalue weighted by Gasteiger charge is 2.39. The first-order valence-corrected chi connectivity index (χ1v) is 11.5. The molecule has 1 fully saturated rings. The number of aromatic nitrogens is 1. The lowest BCUT2D eigenvalue weighted by Crippen LogP contribution is -2.60. The van der Waals surface area contributed by atoms with Gasteiger partial charge in [-0.2, -0.15) is 0 Å². The van der Waals surface area contributed by atoms with Crippen LogP contribution in [0.3, 0.4) is 0 Å². The van der Waals surface area contributed by atoms with E-state index in [1.807, 2.05) is 0 Å². The van der Waals surface area contributed by atoms with Gasteiger partial charge in [0.25, 0.3) is 0 Å². The minimum Gasteiger partial charge on any atom is -0.468 e. The number of thiazole rings is 1. The number of carbonyl (C=O) groups excluding carboxylic acids is 3. The number of hydrogen-bond donors (Lipinski definition) is 2. The smallest absolute Gasteiger partial charge is 0.408 e. The lowest BCUT2D eigenvalue weighted by Gasteiger charge is -2.36. The van der Waals surface area contributed by atoms with Gasteiger partial charge in [0.2, 0.25) is 5.91 Å². The number of esters is 1. The predicted molar refractivity (Wildman–Crippen MR) is 118 cm³/mol. The van der Waals surface area contributed by atoms with Gasteiger partial charge in [-0.3, -0.25) is 9.59 Å². The second-order valence-corrected chi connectivity index (χ2v) is 9.52. The van der Waals surface area contributed by atoms with Gasteiger partial charge in [-0.1, -0.05) is 0 Å². The minimum absolute atomic E-state index is 0.110. The lowest BCUT2D eigenvalue weighted by molar-refractivity contribution is -0.147. The Balaban J connectivity index is 2.31. The quantitative estimate of drug-likeness (QED) is 0.522. The van der Waals surface area contributed by atoms with Crippen LogP contribution < -0.4 is 10.6 Å². The van der Waals surface area contributed by atoms with Crippen molar-refractivity contribution in [2.75, 3.05) is 33.4 Å². The van der Waals surface area contributed by atoms with Crippen LogP contribution in [0.5, 0.6) is 0 Å². The summed E-state index contributed by atoms with van der Waals surface area (Å²) in [6.07, 6.45) is -1.57. The first kappa shape index (κ1) is 25.5. The van der Waals surface area contributed by atoms with Gasteiger partial charge in [0.15, 0.2) is 0 Å². The van der Waals surface area contributed by atoms with E-state index in [4.69, 9.17) is 14.2 Å². The summed E-state index contributed by atoms with van der Waals surface area (Å²) in [4.78, 5) is 43.9.